The number of hydrogen-bond acceptors (Lipinski definition) is 5. The average Bonchev–Trinajstić information content (AvgIpc) is 2.82. The maximum atomic E-state index is 13.5. The number of anilines is 1. The summed E-state index contributed by atoms with van der Waals surface area (Å²) < 4.78 is 19.7. The van der Waals surface area contributed by atoms with Crippen molar-refractivity contribution in [2.45, 2.75) is 18.4 Å². The van der Waals surface area contributed by atoms with Crippen LogP contribution in [0.25, 0.3) is 11.4 Å². The van der Waals surface area contributed by atoms with Gasteiger partial charge in [0.1, 0.15) is 16.6 Å². The highest BCUT2D eigenvalue weighted by atomic mass is 35.5. The Morgan fingerprint density at radius 1 is 1.12 bits per heavy atom. The first-order valence-corrected chi connectivity index (χ1v) is 11.9. The lowest BCUT2D eigenvalue weighted by molar-refractivity contribution is -0.113. The van der Waals surface area contributed by atoms with Crippen LogP contribution in [-0.2, 0) is 11.2 Å². The largest absolute Gasteiger partial charge is 0.438 e. The third-order valence-electron chi connectivity index (χ3n) is 5.34. The SMILES string of the molecule is Cc1cccc2c1Oc1nc(-c3ccc(F)cc3)nc(SCC(=O)Nc3cccc(Cl)c3)c1C2. The van der Waals surface area contributed by atoms with E-state index in [2.05, 4.69) is 10.3 Å². The van der Waals surface area contributed by atoms with Crippen molar-refractivity contribution in [1.82, 2.24) is 9.97 Å². The number of nitrogens with zero attached hydrogens (tertiary/aromatic N) is 2. The summed E-state index contributed by atoms with van der Waals surface area (Å²) in [6, 6.07) is 19.0. The lowest BCUT2D eigenvalue weighted by atomic mass is 10.0. The van der Waals surface area contributed by atoms with E-state index in [1.807, 2.05) is 25.1 Å². The van der Waals surface area contributed by atoms with Gasteiger partial charge in [0.05, 0.1) is 11.3 Å². The number of nitrogens with one attached hydrogen (secondary N) is 1. The number of para-hydroxylation sites is 1. The summed E-state index contributed by atoms with van der Waals surface area (Å²) in [5.41, 5.74) is 4.16. The molecular formula is C26H19ClFN3O2S. The summed E-state index contributed by atoms with van der Waals surface area (Å²) in [5, 5.41) is 4.05. The molecule has 8 heteroatoms. The number of rotatable bonds is 5. The summed E-state index contributed by atoms with van der Waals surface area (Å²) in [5.74, 6) is 1.26. The number of hydrogen-bond donors (Lipinski definition) is 1. The molecular weight excluding hydrogens is 473 g/mol. The molecule has 3 aromatic carbocycles. The maximum Gasteiger partial charge on any atom is 0.234 e. The van der Waals surface area contributed by atoms with Gasteiger partial charge in [-0.25, -0.2) is 9.37 Å². The van der Waals surface area contributed by atoms with Gasteiger partial charge in [0.25, 0.3) is 0 Å². The predicted molar refractivity (Wildman–Crippen MR) is 132 cm³/mol. The third kappa shape index (κ3) is 4.76. The van der Waals surface area contributed by atoms with Crippen LogP contribution >= 0.6 is 23.4 Å². The molecule has 0 spiro atoms. The number of carbonyl (C=O) groups is 1. The van der Waals surface area contributed by atoms with E-state index >= 15 is 0 Å². The van der Waals surface area contributed by atoms with Crippen LogP contribution in [0.4, 0.5) is 10.1 Å². The highest BCUT2D eigenvalue weighted by Crippen LogP contribution is 2.41. The highest BCUT2D eigenvalue weighted by Gasteiger charge is 2.25. The highest BCUT2D eigenvalue weighted by molar-refractivity contribution is 8.00. The minimum atomic E-state index is -0.338. The Kier molecular flexibility index (Phi) is 6.22. The van der Waals surface area contributed by atoms with Gasteiger partial charge in [0.15, 0.2) is 5.82 Å². The van der Waals surface area contributed by atoms with Gasteiger partial charge in [-0.2, -0.15) is 4.98 Å². The molecule has 34 heavy (non-hydrogen) atoms. The van der Waals surface area contributed by atoms with Crippen LogP contribution in [0.15, 0.2) is 71.8 Å². The number of ether oxygens (including phenoxy) is 1. The van der Waals surface area contributed by atoms with Gasteiger partial charge in [-0.05, 0) is 60.5 Å². The molecule has 4 aromatic rings. The van der Waals surface area contributed by atoms with Gasteiger partial charge in [0.2, 0.25) is 11.8 Å². The lowest BCUT2D eigenvalue weighted by Gasteiger charge is -2.23. The number of aryl methyl sites for hydroxylation is 1. The second-order valence-corrected chi connectivity index (χ2v) is 9.23. The Morgan fingerprint density at radius 3 is 2.71 bits per heavy atom. The van der Waals surface area contributed by atoms with Crippen molar-refractivity contribution in [2.24, 2.45) is 0 Å². The predicted octanol–water partition coefficient (Wildman–Crippen LogP) is 6.67. The first-order valence-electron chi connectivity index (χ1n) is 10.6. The second-order valence-electron chi connectivity index (χ2n) is 7.83. The first kappa shape index (κ1) is 22.4. The van der Waals surface area contributed by atoms with Gasteiger partial charge < -0.3 is 10.1 Å². The molecule has 0 aliphatic carbocycles. The van der Waals surface area contributed by atoms with Crippen LogP contribution in [0, 0.1) is 12.7 Å². The van der Waals surface area contributed by atoms with Crippen LogP contribution in [0.2, 0.25) is 5.02 Å². The van der Waals surface area contributed by atoms with Gasteiger partial charge in [-0.15, -0.1) is 0 Å². The number of thioether (sulfide) groups is 1. The summed E-state index contributed by atoms with van der Waals surface area (Å²) in [7, 11) is 0. The maximum absolute atomic E-state index is 13.5. The Bertz CT molecular complexity index is 1400. The molecule has 0 atom stereocenters. The second kappa shape index (κ2) is 9.44. The molecule has 1 aliphatic rings. The molecule has 0 saturated heterocycles. The molecule has 1 aromatic heterocycles. The van der Waals surface area contributed by atoms with Gasteiger partial charge in [-0.3, -0.25) is 4.79 Å². The fourth-order valence-electron chi connectivity index (χ4n) is 3.71. The topological polar surface area (TPSA) is 64.1 Å². The molecule has 0 fully saturated rings. The van der Waals surface area contributed by atoms with E-state index in [-0.39, 0.29) is 17.5 Å². The quantitative estimate of drug-likeness (QED) is 0.220. The molecule has 0 bridgehead atoms. The number of carbonyl (C=O) groups excluding carboxylic acids is 1. The first-order chi connectivity index (χ1) is 16.5. The van der Waals surface area contributed by atoms with E-state index < -0.39 is 0 Å². The molecule has 0 saturated carbocycles. The summed E-state index contributed by atoms with van der Waals surface area (Å²) in [4.78, 5) is 22.0. The summed E-state index contributed by atoms with van der Waals surface area (Å²) in [6.07, 6.45) is 0.592. The minimum Gasteiger partial charge on any atom is -0.438 e. The Hall–Kier alpha value is -3.42. The van der Waals surface area contributed by atoms with Crippen LogP contribution in [0.1, 0.15) is 16.7 Å². The zero-order valence-electron chi connectivity index (χ0n) is 18.1. The number of fused-ring (bicyclic) bond motifs is 2. The number of aromatic nitrogens is 2. The molecule has 1 amide bonds. The smallest absolute Gasteiger partial charge is 0.234 e. The van der Waals surface area contributed by atoms with Crippen LogP contribution in [0.3, 0.4) is 0 Å². The van der Waals surface area contributed by atoms with Gasteiger partial charge in [-0.1, -0.05) is 47.6 Å². The average molecular weight is 492 g/mol. The molecule has 5 rings (SSSR count). The Morgan fingerprint density at radius 2 is 1.91 bits per heavy atom. The van der Waals surface area contributed by atoms with E-state index in [4.69, 9.17) is 21.3 Å². The Labute approximate surface area is 205 Å². The van der Waals surface area contributed by atoms with E-state index in [0.29, 0.717) is 39.4 Å². The third-order valence-corrected chi connectivity index (χ3v) is 6.59. The van der Waals surface area contributed by atoms with Gasteiger partial charge >= 0.3 is 0 Å². The summed E-state index contributed by atoms with van der Waals surface area (Å²) in [6.45, 7) is 1.99. The van der Waals surface area contributed by atoms with Gasteiger partial charge in [0, 0.05) is 22.7 Å². The van der Waals surface area contributed by atoms with E-state index in [1.165, 1.54) is 23.9 Å². The zero-order valence-corrected chi connectivity index (χ0v) is 19.7. The van der Waals surface area contributed by atoms with Crippen LogP contribution in [0.5, 0.6) is 11.6 Å². The van der Waals surface area contributed by atoms with E-state index in [0.717, 1.165) is 22.4 Å². The fraction of sp³-hybridized carbons (Fsp3) is 0.115. The van der Waals surface area contributed by atoms with Crippen molar-refractivity contribution < 1.29 is 13.9 Å². The summed E-state index contributed by atoms with van der Waals surface area (Å²) >= 11 is 7.31. The van der Waals surface area contributed by atoms with Crippen LogP contribution in [-0.4, -0.2) is 21.6 Å². The number of benzene rings is 3. The fourth-order valence-corrected chi connectivity index (χ4v) is 4.72. The van der Waals surface area contributed by atoms with Crippen molar-refractivity contribution in [2.75, 3.05) is 11.1 Å². The molecule has 2 heterocycles. The van der Waals surface area contributed by atoms with Crippen molar-refractivity contribution in [1.29, 1.82) is 0 Å². The molecule has 1 N–H and O–H groups in total. The van der Waals surface area contributed by atoms with Crippen molar-refractivity contribution in [3.05, 3.63) is 94.3 Å². The standard InChI is InChI=1S/C26H19ClFN3O2S/c1-15-4-2-5-17-12-21-25(33-23(15)17)30-24(16-8-10-19(28)11-9-16)31-26(21)34-14-22(32)29-20-7-3-6-18(27)13-20/h2-11,13H,12,14H2,1H3,(H,29,32). The van der Waals surface area contributed by atoms with Crippen LogP contribution < -0.4 is 10.1 Å². The van der Waals surface area contributed by atoms with E-state index in [9.17, 15) is 9.18 Å². The number of amides is 1. The zero-order chi connectivity index (χ0) is 23.7. The normalized spacial score (nSPS) is 11.9. The number of halogens is 2. The lowest BCUT2D eigenvalue weighted by Crippen LogP contribution is -2.15. The van der Waals surface area contributed by atoms with Crippen molar-refractivity contribution >= 4 is 35.0 Å². The molecule has 0 unspecified atom stereocenters. The molecule has 5 nitrogen and oxygen atoms in total. The minimum absolute atomic E-state index is 0.138. The molecule has 0 radical (unpaired) electrons. The molecule has 1 aliphatic heterocycles. The molecule has 170 valence electrons. The van der Waals surface area contributed by atoms with Crippen molar-refractivity contribution in [3.8, 4) is 23.0 Å². The Balaban J connectivity index is 1.46. The van der Waals surface area contributed by atoms with Crippen molar-refractivity contribution in [3.63, 3.8) is 0 Å². The van der Waals surface area contributed by atoms with E-state index in [1.54, 1.807) is 36.4 Å². The monoisotopic (exact) mass is 491 g/mol.